The second-order valence-electron chi connectivity index (χ2n) is 8.38. The van der Waals surface area contributed by atoms with Crippen LogP contribution in [-0.2, 0) is 17.7 Å². The molecule has 0 unspecified atom stereocenters. The molecule has 0 aliphatic carbocycles. The molecule has 0 bridgehead atoms. The number of H-pyrrole nitrogens is 1. The lowest BCUT2D eigenvalue weighted by Crippen LogP contribution is -2.42. The average Bonchev–Trinajstić information content (AvgIpc) is 3.45. The minimum absolute atomic E-state index is 0.193. The summed E-state index contributed by atoms with van der Waals surface area (Å²) >= 11 is 7.48. The standard InChI is InChI=1S/C23H26ClN5O3S/c24-15-1-2-17-14(11-15)12-19(27-17)21(30)25-6-7-26-22(31)23-28-18-3-8-29(13-20(18)33-23)16-4-9-32-10-5-16/h1-2,11-12,16,27H,3-10,13H2,(H,25,30)(H,26,31). The summed E-state index contributed by atoms with van der Waals surface area (Å²) in [5.41, 5.74) is 2.35. The zero-order valence-electron chi connectivity index (χ0n) is 18.2. The van der Waals surface area contributed by atoms with Gasteiger partial charge in [-0.1, -0.05) is 11.6 Å². The molecule has 10 heteroatoms. The second kappa shape index (κ2) is 9.80. The number of benzene rings is 1. The number of ether oxygens (including phenoxy) is 1. The van der Waals surface area contributed by atoms with Crippen molar-refractivity contribution in [2.24, 2.45) is 0 Å². The number of aromatic nitrogens is 2. The zero-order valence-corrected chi connectivity index (χ0v) is 19.7. The lowest BCUT2D eigenvalue weighted by Gasteiger charge is -2.36. The minimum atomic E-state index is -0.227. The number of hydrogen-bond acceptors (Lipinski definition) is 6. The molecule has 174 valence electrons. The summed E-state index contributed by atoms with van der Waals surface area (Å²) < 4.78 is 5.48. The maximum atomic E-state index is 12.6. The molecule has 1 fully saturated rings. The first-order chi connectivity index (χ1) is 16.1. The Kier molecular flexibility index (Phi) is 6.64. The van der Waals surface area contributed by atoms with Gasteiger partial charge in [-0.05, 0) is 37.1 Å². The third-order valence-electron chi connectivity index (χ3n) is 6.19. The Morgan fingerprint density at radius 2 is 1.97 bits per heavy atom. The van der Waals surface area contributed by atoms with Gasteiger partial charge in [-0.2, -0.15) is 0 Å². The normalized spacial score (nSPS) is 17.1. The fourth-order valence-corrected chi connectivity index (χ4v) is 5.65. The number of rotatable bonds is 6. The SMILES string of the molecule is O=C(NCCNC(=O)c1nc2c(s1)CN(C1CCOCC1)CC2)c1cc2cc(Cl)ccc2[nH]1. The van der Waals surface area contributed by atoms with Crippen molar-refractivity contribution < 1.29 is 14.3 Å². The van der Waals surface area contributed by atoms with Crippen LogP contribution in [0.1, 0.15) is 43.7 Å². The Morgan fingerprint density at radius 3 is 2.79 bits per heavy atom. The Bertz CT molecular complexity index is 1170. The fourth-order valence-electron chi connectivity index (χ4n) is 4.42. The van der Waals surface area contributed by atoms with E-state index in [9.17, 15) is 9.59 Å². The molecular formula is C23H26ClN5O3S. The molecule has 4 heterocycles. The molecule has 8 nitrogen and oxygen atoms in total. The van der Waals surface area contributed by atoms with Gasteiger partial charge in [0.15, 0.2) is 5.01 Å². The number of aromatic amines is 1. The van der Waals surface area contributed by atoms with Crippen LogP contribution >= 0.6 is 22.9 Å². The van der Waals surface area contributed by atoms with Gasteiger partial charge >= 0.3 is 0 Å². The monoisotopic (exact) mass is 487 g/mol. The van der Waals surface area contributed by atoms with Crippen LogP contribution in [0.3, 0.4) is 0 Å². The molecule has 5 rings (SSSR count). The quantitative estimate of drug-likeness (QED) is 0.464. The van der Waals surface area contributed by atoms with Crippen molar-refractivity contribution in [3.05, 3.63) is 50.6 Å². The Hall–Kier alpha value is -2.46. The maximum Gasteiger partial charge on any atom is 0.280 e. The first kappa shape index (κ1) is 22.3. The Morgan fingerprint density at radius 1 is 1.18 bits per heavy atom. The molecule has 2 aliphatic rings. The molecule has 2 aromatic heterocycles. The van der Waals surface area contributed by atoms with E-state index in [2.05, 4.69) is 25.5 Å². The van der Waals surface area contributed by atoms with E-state index in [4.69, 9.17) is 16.3 Å². The highest BCUT2D eigenvalue weighted by molar-refractivity contribution is 7.13. The summed E-state index contributed by atoms with van der Waals surface area (Å²) in [5, 5.41) is 7.67. The number of carbonyl (C=O) groups excluding carboxylic acids is 2. The van der Waals surface area contributed by atoms with E-state index in [1.54, 1.807) is 18.2 Å². The minimum Gasteiger partial charge on any atom is -0.381 e. The maximum absolute atomic E-state index is 12.6. The van der Waals surface area contributed by atoms with Gasteiger partial charge in [0, 0.05) is 72.7 Å². The van der Waals surface area contributed by atoms with Gasteiger partial charge in [0.05, 0.1) is 5.69 Å². The molecule has 0 spiro atoms. The van der Waals surface area contributed by atoms with Gasteiger partial charge in [0.1, 0.15) is 5.69 Å². The van der Waals surface area contributed by atoms with Crippen molar-refractivity contribution >= 4 is 45.7 Å². The van der Waals surface area contributed by atoms with Crippen molar-refractivity contribution in [3.63, 3.8) is 0 Å². The number of thiazole rings is 1. The first-order valence-electron chi connectivity index (χ1n) is 11.2. The molecule has 1 saturated heterocycles. The molecule has 3 aromatic rings. The van der Waals surface area contributed by atoms with Crippen molar-refractivity contribution in [1.82, 2.24) is 25.5 Å². The van der Waals surface area contributed by atoms with E-state index in [0.29, 0.717) is 34.9 Å². The summed E-state index contributed by atoms with van der Waals surface area (Å²) in [6, 6.07) is 7.74. The molecule has 1 aromatic carbocycles. The number of hydrogen-bond donors (Lipinski definition) is 3. The number of nitrogens with zero attached hydrogens (tertiary/aromatic N) is 2. The highest BCUT2D eigenvalue weighted by Gasteiger charge is 2.28. The zero-order chi connectivity index (χ0) is 22.8. The van der Waals surface area contributed by atoms with Gasteiger partial charge in [0.25, 0.3) is 11.8 Å². The third kappa shape index (κ3) is 5.06. The number of nitrogens with one attached hydrogen (secondary N) is 3. The summed E-state index contributed by atoms with van der Waals surface area (Å²) in [7, 11) is 0. The van der Waals surface area contributed by atoms with Crippen LogP contribution in [0, 0.1) is 0 Å². The van der Waals surface area contributed by atoms with Gasteiger partial charge in [-0.3, -0.25) is 14.5 Å². The van der Waals surface area contributed by atoms with Crippen molar-refractivity contribution in [2.45, 2.75) is 31.8 Å². The van der Waals surface area contributed by atoms with Crippen molar-refractivity contribution in [2.75, 3.05) is 32.8 Å². The molecular weight excluding hydrogens is 462 g/mol. The van der Waals surface area contributed by atoms with E-state index in [-0.39, 0.29) is 11.8 Å². The number of halogens is 1. The molecule has 0 radical (unpaired) electrons. The van der Waals surface area contributed by atoms with E-state index < -0.39 is 0 Å². The van der Waals surface area contributed by atoms with E-state index in [1.165, 1.54) is 16.2 Å². The molecule has 33 heavy (non-hydrogen) atoms. The van der Waals surface area contributed by atoms with Crippen molar-refractivity contribution in [1.29, 1.82) is 0 Å². The van der Waals surface area contributed by atoms with E-state index in [0.717, 1.165) is 62.2 Å². The highest BCUT2D eigenvalue weighted by Crippen LogP contribution is 2.28. The van der Waals surface area contributed by atoms with Crippen LogP contribution in [0.5, 0.6) is 0 Å². The van der Waals surface area contributed by atoms with Crippen molar-refractivity contribution in [3.8, 4) is 0 Å². The molecule has 3 N–H and O–H groups in total. The van der Waals surface area contributed by atoms with Gasteiger partial charge in [-0.15, -0.1) is 11.3 Å². The second-order valence-corrected chi connectivity index (χ2v) is 9.90. The summed E-state index contributed by atoms with van der Waals surface area (Å²) in [5.74, 6) is -0.420. The number of amides is 2. The van der Waals surface area contributed by atoms with Crippen LogP contribution in [-0.4, -0.2) is 65.6 Å². The Balaban J connectivity index is 1.10. The third-order valence-corrected chi connectivity index (χ3v) is 7.50. The van der Waals surface area contributed by atoms with E-state index in [1.807, 2.05) is 6.07 Å². The van der Waals surface area contributed by atoms with Crippen LogP contribution in [0.25, 0.3) is 10.9 Å². The molecule has 2 amide bonds. The summed E-state index contributed by atoms with van der Waals surface area (Å²) in [4.78, 5) is 36.3. The Labute approximate surface area is 200 Å². The van der Waals surface area contributed by atoms with Crippen LogP contribution in [0.4, 0.5) is 0 Å². The fraction of sp³-hybridized carbons (Fsp3) is 0.435. The lowest BCUT2D eigenvalue weighted by atomic mass is 10.0. The van der Waals surface area contributed by atoms with E-state index >= 15 is 0 Å². The topological polar surface area (TPSA) is 99.3 Å². The number of fused-ring (bicyclic) bond motifs is 2. The van der Waals surface area contributed by atoms with Gasteiger partial charge in [-0.25, -0.2) is 4.98 Å². The van der Waals surface area contributed by atoms with Crippen LogP contribution < -0.4 is 10.6 Å². The molecule has 0 saturated carbocycles. The van der Waals surface area contributed by atoms with Gasteiger partial charge < -0.3 is 20.4 Å². The van der Waals surface area contributed by atoms with Crippen LogP contribution in [0.2, 0.25) is 5.02 Å². The van der Waals surface area contributed by atoms with Gasteiger partial charge in [0.2, 0.25) is 0 Å². The molecule has 2 aliphatic heterocycles. The average molecular weight is 488 g/mol. The smallest absolute Gasteiger partial charge is 0.280 e. The molecule has 0 atom stereocenters. The summed E-state index contributed by atoms with van der Waals surface area (Å²) in [6.07, 6.45) is 3.02. The largest absolute Gasteiger partial charge is 0.381 e. The predicted molar refractivity (Wildman–Crippen MR) is 128 cm³/mol. The summed E-state index contributed by atoms with van der Waals surface area (Å²) in [6.45, 7) is 4.15. The van der Waals surface area contributed by atoms with Crippen LogP contribution in [0.15, 0.2) is 24.3 Å². The first-order valence-corrected chi connectivity index (χ1v) is 12.4. The predicted octanol–water partition coefficient (Wildman–Crippen LogP) is 2.97. The highest BCUT2D eigenvalue weighted by atomic mass is 35.5. The lowest BCUT2D eigenvalue weighted by molar-refractivity contribution is 0.0293. The number of carbonyl (C=O) groups is 2.